The van der Waals surface area contributed by atoms with Crippen LogP contribution in [-0.4, -0.2) is 4.57 Å². The molecule has 90 valence electrons. The van der Waals surface area contributed by atoms with Gasteiger partial charge in [0.15, 0.2) is 0 Å². The molecule has 1 aromatic carbocycles. The number of aromatic nitrogens is 1. The van der Waals surface area contributed by atoms with Crippen LogP contribution in [0, 0.1) is 0 Å². The highest BCUT2D eigenvalue weighted by molar-refractivity contribution is 9.10. The van der Waals surface area contributed by atoms with Crippen LogP contribution >= 0.6 is 27.3 Å². The Balaban J connectivity index is 2.08. The van der Waals surface area contributed by atoms with Gasteiger partial charge in [0.2, 0.25) is 0 Å². The summed E-state index contributed by atoms with van der Waals surface area (Å²) in [5.74, 6) is 0. The maximum Gasteiger partial charge on any atom is 0.259 e. The summed E-state index contributed by atoms with van der Waals surface area (Å²) in [7, 11) is 0. The Labute approximate surface area is 117 Å². The predicted octanol–water partition coefficient (Wildman–Crippen LogP) is 3.87. The van der Waals surface area contributed by atoms with Gasteiger partial charge in [0, 0.05) is 15.4 Å². The van der Waals surface area contributed by atoms with Crippen molar-refractivity contribution in [3.8, 4) is 0 Å². The molecule has 0 aliphatic carbocycles. The molecule has 0 bridgehead atoms. The van der Waals surface area contributed by atoms with Crippen LogP contribution in [-0.2, 0) is 6.54 Å². The lowest BCUT2D eigenvalue weighted by molar-refractivity contribution is 0.766. The van der Waals surface area contributed by atoms with E-state index >= 15 is 0 Å². The van der Waals surface area contributed by atoms with Crippen LogP contribution in [0.15, 0.2) is 57.2 Å². The van der Waals surface area contributed by atoms with Gasteiger partial charge in [-0.25, -0.2) is 0 Å². The minimum atomic E-state index is 0.0736. The standard InChI is InChI=1S/C14H10BrNOS/c15-12-4-2-1-3-10(12)9-16-7-5-13-11(14(16)17)6-8-18-13/h1-8H,9H2. The highest BCUT2D eigenvalue weighted by Gasteiger charge is 2.05. The van der Waals surface area contributed by atoms with Gasteiger partial charge in [-0.05, 0) is 29.1 Å². The van der Waals surface area contributed by atoms with Crippen molar-refractivity contribution in [1.29, 1.82) is 0 Å². The number of pyridine rings is 1. The molecule has 0 fully saturated rings. The van der Waals surface area contributed by atoms with Crippen molar-refractivity contribution in [3.63, 3.8) is 0 Å². The largest absolute Gasteiger partial charge is 0.310 e. The molecular formula is C14H10BrNOS. The number of hydrogen-bond acceptors (Lipinski definition) is 2. The van der Waals surface area contributed by atoms with Crippen molar-refractivity contribution in [3.05, 3.63) is 68.4 Å². The normalized spacial score (nSPS) is 10.9. The summed E-state index contributed by atoms with van der Waals surface area (Å²) >= 11 is 5.10. The van der Waals surface area contributed by atoms with Gasteiger partial charge in [0.25, 0.3) is 5.56 Å². The van der Waals surface area contributed by atoms with Gasteiger partial charge in [-0.3, -0.25) is 4.79 Å². The molecule has 0 aliphatic heterocycles. The Hall–Kier alpha value is -1.39. The summed E-state index contributed by atoms with van der Waals surface area (Å²) in [6, 6.07) is 11.8. The van der Waals surface area contributed by atoms with Gasteiger partial charge in [-0.1, -0.05) is 34.1 Å². The van der Waals surface area contributed by atoms with Crippen molar-refractivity contribution in [1.82, 2.24) is 4.57 Å². The van der Waals surface area contributed by atoms with E-state index in [1.807, 2.05) is 48.0 Å². The summed E-state index contributed by atoms with van der Waals surface area (Å²) in [4.78, 5) is 12.3. The Morgan fingerprint density at radius 3 is 2.83 bits per heavy atom. The van der Waals surface area contributed by atoms with Crippen LogP contribution in [0.4, 0.5) is 0 Å². The summed E-state index contributed by atoms with van der Waals surface area (Å²) in [5, 5.41) is 2.75. The van der Waals surface area contributed by atoms with Crippen LogP contribution in [0.5, 0.6) is 0 Å². The van der Waals surface area contributed by atoms with Gasteiger partial charge in [0.1, 0.15) is 0 Å². The van der Waals surface area contributed by atoms with E-state index in [1.54, 1.807) is 15.9 Å². The van der Waals surface area contributed by atoms with Crippen molar-refractivity contribution < 1.29 is 0 Å². The molecule has 3 rings (SSSR count). The third-order valence-electron chi connectivity index (χ3n) is 2.89. The zero-order chi connectivity index (χ0) is 12.5. The maximum absolute atomic E-state index is 12.3. The number of fused-ring (bicyclic) bond motifs is 1. The first-order valence-corrected chi connectivity index (χ1v) is 7.23. The van der Waals surface area contributed by atoms with Crippen LogP contribution < -0.4 is 5.56 Å². The highest BCUT2D eigenvalue weighted by Crippen LogP contribution is 2.19. The average molecular weight is 320 g/mol. The number of nitrogens with zero attached hydrogens (tertiary/aromatic N) is 1. The molecule has 0 aliphatic rings. The lowest BCUT2D eigenvalue weighted by atomic mass is 10.2. The molecule has 2 heterocycles. The van der Waals surface area contributed by atoms with E-state index in [2.05, 4.69) is 15.9 Å². The molecule has 0 spiro atoms. The highest BCUT2D eigenvalue weighted by atomic mass is 79.9. The molecular weight excluding hydrogens is 310 g/mol. The SMILES string of the molecule is O=c1c2ccsc2ccn1Cc1ccccc1Br. The summed E-state index contributed by atoms with van der Waals surface area (Å²) in [5.41, 5.74) is 1.18. The average Bonchev–Trinajstić information content (AvgIpc) is 2.84. The van der Waals surface area contributed by atoms with Crippen molar-refractivity contribution in [2.45, 2.75) is 6.54 Å². The number of rotatable bonds is 2. The van der Waals surface area contributed by atoms with Crippen LogP contribution in [0.1, 0.15) is 5.56 Å². The second-order valence-electron chi connectivity index (χ2n) is 4.04. The maximum atomic E-state index is 12.3. The first-order valence-electron chi connectivity index (χ1n) is 5.56. The Kier molecular flexibility index (Phi) is 3.06. The third kappa shape index (κ3) is 2.02. The van der Waals surface area contributed by atoms with Gasteiger partial charge in [-0.2, -0.15) is 0 Å². The minimum absolute atomic E-state index is 0.0736. The zero-order valence-electron chi connectivity index (χ0n) is 9.47. The van der Waals surface area contributed by atoms with E-state index in [9.17, 15) is 4.79 Å². The second kappa shape index (κ2) is 4.71. The van der Waals surface area contributed by atoms with Gasteiger partial charge in [0.05, 0.1) is 11.9 Å². The fourth-order valence-electron chi connectivity index (χ4n) is 1.94. The third-order valence-corrected chi connectivity index (χ3v) is 4.55. The number of hydrogen-bond donors (Lipinski definition) is 0. The fourth-order valence-corrected chi connectivity index (χ4v) is 3.12. The second-order valence-corrected chi connectivity index (χ2v) is 5.84. The number of halogens is 1. The molecule has 0 saturated carbocycles. The van der Waals surface area contributed by atoms with E-state index < -0.39 is 0 Å². The lowest BCUT2D eigenvalue weighted by Gasteiger charge is -2.07. The Morgan fingerprint density at radius 2 is 2.00 bits per heavy atom. The lowest BCUT2D eigenvalue weighted by Crippen LogP contribution is -2.19. The van der Waals surface area contributed by atoms with E-state index in [1.165, 1.54) is 0 Å². The van der Waals surface area contributed by atoms with Crippen LogP contribution in [0.3, 0.4) is 0 Å². The molecule has 0 radical (unpaired) electrons. The first kappa shape index (κ1) is 11.7. The monoisotopic (exact) mass is 319 g/mol. The molecule has 0 amide bonds. The summed E-state index contributed by atoms with van der Waals surface area (Å²) < 4.78 is 3.82. The molecule has 0 atom stereocenters. The first-order chi connectivity index (χ1) is 8.75. The fraction of sp³-hybridized carbons (Fsp3) is 0.0714. The molecule has 4 heteroatoms. The van der Waals surface area contributed by atoms with E-state index in [4.69, 9.17) is 0 Å². The minimum Gasteiger partial charge on any atom is -0.310 e. The summed E-state index contributed by atoms with van der Waals surface area (Å²) in [6.07, 6.45) is 1.86. The molecule has 0 unspecified atom stereocenters. The summed E-state index contributed by atoms with van der Waals surface area (Å²) in [6.45, 7) is 0.589. The molecule has 0 saturated heterocycles. The van der Waals surface area contributed by atoms with Crippen LogP contribution in [0.2, 0.25) is 0 Å². The van der Waals surface area contributed by atoms with Gasteiger partial charge < -0.3 is 4.57 Å². The molecule has 0 N–H and O–H groups in total. The predicted molar refractivity (Wildman–Crippen MR) is 79.3 cm³/mol. The van der Waals surface area contributed by atoms with E-state index in [0.717, 1.165) is 20.1 Å². The topological polar surface area (TPSA) is 22.0 Å². The van der Waals surface area contributed by atoms with E-state index in [-0.39, 0.29) is 5.56 Å². The molecule has 2 nitrogen and oxygen atoms in total. The Morgan fingerprint density at radius 1 is 1.17 bits per heavy atom. The molecule has 18 heavy (non-hydrogen) atoms. The van der Waals surface area contributed by atoms with Crippen molar-refractivity contribution in [2.75, 3.05) is 0 Å². The number of thiophene rings is 1. The Bertz CT molecular complexity index is 760. The quantitative estimate of drug-likeness (QED) is 0.702. The molecule has 3 aromatic rings. The van der Waals surface area contributed by atoms with Crippen molar-refractivity contribution in [2.24, 2.45) is 0 Å². The van der Waals surface area contributed by atoms with Gasteiger partial charge >= 0.3 is 0 Å². The smallest absolute Gasteiger partial charge is 0.259 e. The van der Waals surface area contributed by atoms with Crippen LogP contribution in [0.25, 0.3) is 10.1 Å². The number of benzene rings is 1. The van der Waals surface area contributed by atoms with E-state index in [0.29, 0.717) is 6.54 Å². The van der Waals surface area contributed by atoms with Crippen molar-refractivity contribution >= 4 is 37.4 Å². The molecule has 2 aromatic heterocycles. The zero-order valence-corrected chi connectivity index (χ0v) is 11.9. The van der Waals surface area contributed by atoms with Gasteiger partial charge in [-0.15, -0.1) is 11.3 Å².